The van der Waals surface area contributed by atoms with Crippen molar-refractivity contribution in [1.29, 1.82) is 0 Å². The van der Waals surface area contributed by atoms with Gasteiger partial charge in [0.1, 0.15) is 0 Å². The number of carbonyl (C=O) groups excluding carboxylic acids is 3. The van der Waals surface area contributed by atoms with E-state index in [-0.39, 0.29) is 22.8 Å². The van der Waals surface area contributed by atoms with E-state index in [0.29, 0.717) is 47.4 Å². The maximum atomic E-state index is 14.5. The van der Waals surface area contributed by atoms with E-state index in [2.05, 4.69) is 20.8 Å². The van der Waals surface area contributed by atoms with Gasteiger partial charge in [0.25, 0.3) is 17.7 Å². The third-order valence-corrected chi connectivity index (χ3v) is 10.3. The number of hydrogen-bond donors (Lipinski definition) is 4. The van der Waals surface area contributed by atoms with Crippen molar-refractivity contribution in [1.82, 2.24) is 14.8 Å². The highest BCUT2D eigenvalue weighted by Crippen LogP contribution is 2.48. The third-order valence-electron chi connectivity index (χ3n) is 8.66. The molecule has 1 aliphatic carbocycles. The van der Waals surface area contributed by atoms with Gasteiger partial charge in [0.2, 0.25) is 16.0 Å². The predicted octanol–water partition coefficient (Wildman–Crippen LogP) is 3.75. The van der Waals surface area contributed by atoms with E-state index in [4.69, 9.17) is 45.5 Å². The summed E-state index contributed by atoms with van der Waals surface area (Å²) >= 11 is 13.0. The van der Waals surface area contributed by atoms with Crippen LogP contribution >= 0.6 is 23.2 Å². The molecule has 1 heterocycles. The van der Waals surface area contributed by atoms with Gasteiger partial charge in [-0.2, -0.15) is 4.99 Å². The number of hydroxylamine groups is 1. The topological polar surface area (TPSA) is 228 Å². The molecule has 18 heteroatoms. The zero-order valence-electron chi connectivity index (χ0n) is 26.8. The molecule has 50 heavy (non-hydrogen) atoms. The van der Waals surface area contributed by atoms with E-state index < -0.39 is 57.7 Å². The quantitative estimate of drug-likeness (QED) is 0.0821. The number of hydrogen-bond acceptors (Lipinski definition) is 8. The molecule has 0 saturated heterocycles. The number of hydrazine groups is 1. The van der Waals surface area contributed by atoms with Gasteiger partial charge < -0.3 is 16.5 Å². The Morgan fingerprint density at radius 3 is 2.50 bits per heavy atom. The number of guanidine groups is 1. The molecule has 3 aromatic rings. The minimum absolute atomic E-state index is 0.154. The highest BCUT2D eigenvalue weighted by Gasteiger charge is 2.50. The van der Waals surface area contributed by atoms with Crippen LogP contribution in [-0.4, -0.2) is 59.8 Å². The summed E-state index contributed by atoms with van der Waals surface area (Å²) in [7, 11) is -3.85. The van der Waals surface area contributed by atoms with Gasteiger partial charge in [-0.05, 0) is 59.9 Å². The standard InChI is InChI=1S/C32H35Cl2N9O6S/c1-50(47,48)43(37)26-12-5-4-11-25(26)42-28(23-14-13-20(33)16-24(23)34)27(21-9-2-3-10-22(21)31(42)46)30(45)40-49-17-18-7-6-8-19(15-18)29(44)38-32(35)39-41-36/h2-3,6-10,13-16,25-28H,4-5,11-12,17,37H2,1H3,(H,40,45)(H4,35,36,38,39,44)/t25-,26-,27+,28-/m0/s1. The fraction of sp³-hybridized carbons (Fsp3) is 0.312. The van der Waals surface area contributed by atoms with Crippen LogP contribution in [-0.2, 0) is 26.3 Å². The van der Waals surface area contributed by atoms with Gasteiger partial charge >= 0.3 is 0 Å². The fourth-order valence-electron chi connectivity index (χ4n) is 6.53. The summed E-state index contributed by atoms with van der Waals surface area (Å²) in [5, 5.41) is 6.84. The molecule has 0 aromatic heterocycles. The van der Waals surface area contributed by atoms with Crippen molar-refractivity contribution in [2.45, 2.75) is 56.3 Å². The molecule has 3 aromatic carbocycles. The Morgan fingerprint density at radius 1 is 1.04 bits per heavy atom. The Labute approximate surface area is 298 Å². The van der Waals surface area contributed by atoms with Gasteiger partial charge in [0.15, 0.2) is 0 Å². The van der Waals surface area contributed by atoms with Crippen molar-refractivity contribution < 1.29 is 27.6 Å². The average molecular weight is 745 g/mol. The lowest BCUT2D eigenvalue weighted by Gasteiger charge is -2.50. The van der Waals surface area contributed by atoms with Gasteiger partial charge in [0.05, 0.1) is 36.9 Å². The van der Waals surface area contributed by atoms with Crippen LogP contribution in [0.15, 0.2) is 82.1 Å². The molecule has 0 unspecified atom stereocenters. The number of amides is 3. The van der Waals surface area contributed by atoms with Crippen LogP contribution in [0.4, 0.5) is 0 Å². The first-order valence-corrected chi connectivity index (χ1v) is 18.0. The molecule has 7 N–H and O–H groups in total. The molecule has 0 spiro atoms. The van der Waals surface area contributed by atoms with Crippen molar-refractivity contribution in [2.75, 3.05) is 6.26 Å². The van der Waals surface area contributed by atoms with Crippen LogP contribution in [0.25, 0.3) is 0 Å². The molecule has 3 amide bonds. The number of nitrogens with zero attached hydrogens (tertiary/aromatic N) is 5. The van der Waals surface area contributed by atoms with Crippen LogP contribution in [0.3, 0.4) is 0 Å². The first-order chi connectivity index (χ1) is 23.8. The first kappa shape index (κ1) is 36.8. The number of sulfonamides is 1. The summed E-state index contributed by atoms with van der Waals surface area (Å²) in [6.45, 7) is -0.154. The molecule has 264 valence electrons. The molecular weight excluding hydrogens is 709 g/mol. The Hall–Kier alpha value is -4.45. The van der Waals surface area contributed by atoms with E-state index in [0.717, 1.165) is 10.7 Å². The van der Waals surface area contributed by atoms with Gasteiger partial charge in [-0.15, -0.1) is 4.41 Å². The van der Waals surface area contributed by atoms with E-state index in [1.807, 2.05) is 0 Å². The van der Waals surface area contributed by atoms with E-state index in [9.17, 15) is 22.8 Å². The van der Waals surface area contributed by atoms with Crippen molar-refractivity contribution >= 4 is 56.9 Å². The summed E-state index contributed by atoms with van der Waals surface area (Å²) < 4.78 is 26.1. The SMILES string of the molecule is CS(=O)(=O)N(N)[C@H]1CCCC[C@@H]1N1C(=O)c2ccccc2[C@@H](C(=O)NOCc2cccc(C(=O)/N=C(\N)N=NN)c2)[C@@H]1c1ccc(Cl)cc1Cl. The summed E-state index contributed by atoms with van der Waals surface area (Å²) in [4.78, 5) is 52.1. The lowest BCUT2D eigenvalue weighted by atomic mass is 9.76. The molecule has 4 atom stereocenters. The molecule has 1 aliphatic heterocycles. The van der Waals surface area contributed by atoms with Crippen molar-refractivity contribution in [3.8, 4) is 0 Å². The van der Waals surface area contributed by atoms with Crippen molar-refractivity contribution in [3.63, 3.8) is 0 Å². The molecule has 1 fully saturated rings. The number of rotatable bonds is 9. The molecule has 2 aliphatic rings. The van der Waals surface area contributed by atoms with E-state index in [1.165, 1.54) is 18.2 Å². The Kier molecular flexibility index (Phi) is 11.5. The van der Waals surface area contributed by atoms with Crippen LogP contribution < -0.4 is 22.9 Å². The monoisotopic (exact) mass is 743 g/mol. The first-order valence-electron chi connectivity index (χ1n) is 15.4. The fourth-order valence-corrected chi connectivity index (χ4v) is 7.79. The largest absolute Gasteiger partial charge is 0.366 e. The lowest BCUT2D eigenvalue weighted by Crippen LogP contribution is -2.61. The average Bonchev–Trinajstić information content (AvgIpc) is 3.08. The van der Waals surface area contributed by atoms with E-state index in [1.54, 1.807) is 53.4 Å². The normalized spacial score (nSPS) is 21.3. The second-order valence-electron chi connectivity index (χ2n) is 11.8. The summed E-state index contributed by atoms with van der Waals surface area (Å²) in [5.74, 6) is 7.94. The smallest absolute Gasteiger partial charge is 0.280 e. The number of carbonyl (C=O) groups is 3. The van der Waals surface area contributed by atoms with Gasteiger partial charge in [-0.3, -0.25) is 25.1 Å². The minimum Gasteiger partial charge on any atom is -0.366 e. The maximum Gasteiger partial charge on any atom is 0.280 e. The zero-order chi connectivity index (χ0) is 36.2. The van der Waals surface area contributed by atoms with Gasteiger partial charge in [-0.25, -0.2) is 13.9 Å². The number of nitrogens with two attached hydrogens (primary N) is 3. The Bertz CT molecular complexity index is 1960. The maximum absolute atomic E-state index is 14.5. The summed E-state index contributed by atoms with van der Waals surface area (Å²) in [6, 6.07) is 15.3. The summed E-state index contributed by atoms with van der Waals surface area (Å²) in [5.41, 5.74) is 9.80. The van der Waals surface area contributed by atoms with Gasteiger partial charge in [-0.1, -0.05) is 82.8 Å². The zero-order valence-corrected chi connectivity index (χ0v) is 29.1. The Balaban J connectivity index is 1.51. The second kappa shape index (κ2) is 15.6. The van der Waals surface area contributed by atoms with Gasteiger partial charge in [0, 0.05) is 21.2 Å². The lowest BCUT2D eigenvalue weighted by molar-refractivity contribution is -0.138. The van der Waals surface area contributed by atoms with Crippen LogP contribution in [0.1, 0.15) is 75.0 Å². The molecular formula is C32H35Cl2N9O6S. The number of halogens is 2. The number of benzene rings is 3. The molecule has 1 saturated carbocycles. The van der Waals surface area contributed by atoms with Crippen molar-refractivity contribution in [2.24, 2.45) is 32.7 Å². The van der Waals surface area contributed by atoms with Crippen LogP contribution in [0, 0.1) is 0 Å². The van der Waals surface area contributed by atoms with Crippen molar-refractivity contribution in [3.05, 3.63) is 105 Å². The summed E-state index contributed by atoms with van der Waals surface area (Å²) in [6.07, 6.45) is 3.22. The predicted molar refractivity (Wildman–Crippen MR) is 186 cm³/mol. The highest BCUT2D eigenvalue weighted by atomic mass is 35.5. The number of nitrogens with one attached hydrogen (secondary N) is 1. The number of aliphatic imine (C=N–C) groups is 1. The third kappa shape index (κ3) is 7.96. The molecule has 0 bridgehead atoms. The number of fused-ring (bicyclic) bond motifs is 1. The Morgan fingerprint density at radius 2 is 1.78 bits per heavy atom. The minimum atomic E-state index is -3.85. The van der Waals surface area contributed by atoms with Crippen LogP contribution in [0.5, 0.6) is 0 Å². The molecule has 15 nitrogen and oxygen atoms in total. The molecule has 5 rings (SSSR count). The molecule has 0 radical (unpaired) electrons. The van der Waals surface area contributed by atoms with Crippen LogP contribution in [0.2, 0.25) is 10.0 Å². The second-order valence-corrected chi connectivity index (χ2v) is 14.6. The highest BCUT2D eigenvalue weighted by molar-refractivity contribution is 7.88. The van der Waals surface area contributed by atoms with E-state index >= 15 is 0 Å².